The van der Waals surface area contributed by atoms with Gasteiger partial charge in [-0.15, -0.1) is 11.3 Å². The van der Waals surface area contributed by atoms with Crippen LogP contribution in [-0.4, -0.2) is 31.5 Å². The Morgan fingerprint density at radius 1 is 1.09 bits per heavy atom. The van der Waals surface area contributed by atoms with E-state index in [-0.39, 0.29) is 34.4 Å². The maximum Gasteiger partial charge on any atom is 0.341 e. The van der Waals surface area contributed by atoms with E-state index >= 15 is 0 Å². The molecule has 0 aliphatic rings. The number of carbonyl (C=O) groups is 3. The summed E-state index contributed by atoms with van der Waals surface area (Å²) in [4.78, 5) is 36.9. The van der Waals surface area contributed by atoms with Gasteiger partial charge in [0.15, 0.2) is 5.76 Å². The van der Waals surface area contributed by atoms with Crippen LogP contribution in [-0.2, 0) is 11.3 Å². The number of hydrogen-bond donors (Lipinski definition) is 2. The molecule has 0 fully saturated rings. The fourth-order valence-electron chi connectivity index (χ4n) is 2.85. The zero-order valence-electron chi connectivity index (χ0n) is 17.7. The quantitative estimate of drug-likeness (QED) is 0.467. The molecule has 0 unspecified atom stereocenters. The molecule has 0 aliphatic heterocycles. The standard InChI is InChI=1S/C22H22N2O7S/c1-4-29-22(27)17-12(2)18(19(23)25)32-21(17)24-20(26)16-10-9-15(31-16)11-30-14-7-5-13(28-3)6-8-14/h5-10H,4,11H2,1-3H3,(H2,23,25)(H,24,26). The molecule has 9 nitrogen and oxygen atoms in total. The molecule has 168 valence electrons. The van der Waals surface area contributed by atoms with E-state index in [1.807, 2.05) is 0 Å². The zero-order valence-corrected chi connectivity index (χ0v) is 18.5. The van der Waals surface area contributed by atoms with Crippen LogP contribution >= 0.6 is 11.3 Å². The summed E-state index contributed by atoms with van der Waals surface area (Å²) >= 11 is 0.905. The predicted octanol–water partition coefficient (Wildman–Crippen LogP) is 3.77. The number of rotatable bonds is 9. The highest BCUT2D eigenvalue weighted by Gasteiger charge is 2.26. The molecule has 32 heavy (non-hydrogen) atoms. The summed E-state index contributed by atoms with van der Waals surface area (Å²) in [5.41, 5.74) is 5.82. The van der Waals surface area contributed by atoms with E-state index in [0.29, 0.717) is 22.8 Å². The predicted molar refractivity (Wildman–Crippen MR) is 118 cm³/mol. The molecule has 0 aliphatic carbocycles. The number of carbonyl (C=O) groups excluding carboxylic acids is 3. The maximum atomic E-state index is 12.7. The highest BCUT2D eigenvalue weighted by atomic mass is 32.1. The summed E-state index contributed by atoms with van der Waals surface area (Å²) in [6.07, 6.45) is 0. The van der Waals surface area contributed by atoms with E-state index in [1.54, 1.807) is 51.3 Å². The van der Waals surface area contributed by atoms with Gasteiger partial charge in [0.25, 0.3) is 11.8 Å². The summed E-state index contributed by atoms with van der Waals surface area (Å²) in [5.74, 6) is -0.188. The van der Waals surface area contributed by atoms with E-state index in [2.05, 4.69) is 5.32 Å². The van der Waals surface area contributed by atoms with Crippen LogP contribution in [0.25, 0.3) is 0 Å². The van der Waals surface area contributed by atoms with Crippen molar-refractivity contribution >= 4 is 34.1 Å². The smallest absolute Gasteiger partial charge is 0.341 e. The molecule has 10 heteroatoms. The van der Waals surface area contributed by atoms with Gasteiger partial charge < -0.3 is 29.7 Å². The van der Waals surface area contributed by atoms with Crippen LogP contribution < -0.4 is 20.5 Å². The normalized spacial score (nSPS) is 10.5. The number of anilines is 1. The number of esters is 1. The molecule has 2 aromatic heterocycles. The number of nitrogens with two attached hydrogens (primary N) is 1. The molecular formula is C22H22N2O7S. The van der Waals surface area contributed by atoms with Crippen LogP contribution in [0.2, 0.25) is 0 Å². The molecule has 2 heterocycles. The van der Waals surface area contributed by atoms with Crippen LogP contribution in [0.1, 0.15) is 48.8 Å². The first kappa shape index (κ1) is 22.9. The highest BCUT2D eigenvalue weighted by molar-refractivity contribution is 7.18. The van der Waals surface area contributed by atoms with Crippen molar-refractivity contribution < 1.29 is 33.0 Å². The third-order valence-electron chi connectivity index (χ3n) is 4.40. The molecule has 1 aromatic carbocycles. The van der Waals surface area contributed by atoms with Crippen molar-refractivity contribution in [1.82, 2.24) is 0 Å². The lowest BCUT2D eigenvalue weighted by molar-refractivity contribution is 0.0527. The average molecular weight is 458 g/mol. The van der Waals surface area contributed by atoms with Crippen molar-refractivity contribution in [3.63, 3.8) is 0 Å². The first-order valence-electron chi connectivity index (χ1n) is 9.61. The van der Waals surface area contributed by atoms with Crippen molar-refractivity contribution in [3.05, 3.63) is 63.9 Å². The third-order valence-corrected chi connectivity index (χ3v) is 5.62. The molecule has 3 N–H and O–H groups in total. The number of nitrogens with one attached hydrogen (secondary N) is 1. The molecule has 3 aromatic rings. The monoisotopic (exact) mass is 458 g/mol. The van der Waals surface area contributed by atoms with Gasteiger partial charge in [-0.3, -0.25) is 9.59 Å². The zero-order chi connectivity index (χ0) is 23.3. The van der Waals surface area contributed by atoms with Crippen LogP contribution in [0.3, 0.4) is 0 Å². The lowest BCUT2D eigenvalue weighted by atomic mass is 10.1. The number of ether oxygens (including phenoxy) is 3. The van der Waals surface area contributed by atoms with E-state index in [9.17, 15) is 14.4 Å². The topological polar surface area (TPSA) is 130 Å². The Morgan fingerprint density at radius 2 is 1.78 bits per heavy atom. The number of methoxy groups -OCH3 is 1. The van der Waals surface area contributed by atoms with Crippen LogP contribution in [0, 0.1) is 6.92 Å². The Labute approximate surface area is 188 Å². The first-order chi connectivity index (χ1) is 15.3. The Kier molecular flexibility index (Phi) is 7.16. The number of hydrogen-bond acceptors (Lipinski definition) is 8. The van der Waals surface area contributed by atoms with Crippen LogP contribution in [0.4, 0.5) is 5.00 Å². The van der Waals surface area contributed by atoms with E-state index in [4.69, 9.17) is 24.4 Å². The second-order valence-corrected chi connectivity index (χ2v) is 7.55. The lowest BCUT2D eigenvalue weighted by Crippen LogP contribution is -2.14. The van der Waals surface area contributed by atoms with Gasteiger partial charge in [-0.1, -0.05) is 0 Å². The highest BCUT2D eigenvalue weighted by Crippen LogP contribution is 2.34. The van der Waals surface area contributed by atoms with Crippen LogP contribution in [0.5, 0.6) is 11.5 Å². The SMILES string of the molecule is CCOC(=O)c1c(NC(=O)c2ccc(COc3ccc(OC)cc3)o2)sc(C(N)=O)c1C. The average Bonchev–Trinajstić information content (AvgIpc) is 3.37. The molecule has 3 rings (SSSR count). The number of benzene rings is 1. The van der Waals surface area contributed by atoms with Gasteiger partial charge >= 0.3 is 5.97 Å². The number of amides is 2. The summed E-state index contributed by atoms with van der Waals surface area (Å²) in [7, 11) is 1.58. The molecule has 0 atom stereocenters. The number of thiophene rings is 1. The van der Waals surface area contributed by atoms with Gasteiger partial charge in [0.1, 0.15) is 28.9 Å². The van der Waals surface area contributed by atoms with Crippen molar-refractivity contribution in [1.29, 1.82) is 0 Å². The number of primary amides is 1. The Balaban J connectivity index is 1.72. The minimum atomic E-state index is -0.700. The van der Waals surface area contributed by atoms with Gasteiger partial charge in [0.05, 0.1) is 24.2 Å². The third kappa shape index (κ3) is 5.09. The lowest BCUT2D eigenvalue weighted by Gasteiger charge is -2.06. The Morgan fingerprint density at radius 3 is 2.41 bits per heavy atom. The maximum absolute atomic E-state index is 12.7. The summed E-state index contributed by atoms with van der Waals surface area (Å²) in [6, 6.07) is 10.1. The van der Waals surface area contributed by atoms with Crippen LogP contribution in [0.15, 0.2) is 40.8 Å². The largest absolute Gasteiger partial charge is 0.497 e. The summed E-state index contributed by atoms with van der Waals surface area (Å²) in [6.45, 7) is 3.48. The molecule has 0 bridgehead atoms. The van der Waals surface area contributed by atoms with Gasteiger partial charge in [-0.05, 0) is 55.8 Å². The minimum Gasteiger partial charge on any atom is -0.497 e. The first-order valence-corrected chi connectivity index (χ1v) is 10.4. The van der Waals surface area contributed by atoms with Gasteiger partial charge in [0, 0.05) is 0 Å². The van der Waals surface area contributed by atoms with Gasteiger partial charge in [0.2, 0.25) is 0 Å². The van der Waals surface area contributed by atoms with Crippen molar-refractivity contribution in [2.45, 2.75) is 20.5 Å². The Hall–Kier alpha value is -3.79. The van der Waals surface area contributed by atoms with E-state index in [1.165, 1.54) is 6.07 Å². The fourth-order valence-corrected chi connectivity index (χ4v) is 3.90. The van der Waals surface area contributed by atoms with Gasteiger partial charge in [-0.25, -0.2) is 4.79 Å². The van der Waals surface area contributed by atoms with E-state index < -0.39 is 17.8 Å². The molecule has 0 spiro atoms. The van der Waals surface area contributed by atoms with E-state index in [0.717, 1.165) is 11.3 Å². The molecule has 0 saturated heterocycles. The molecule has 2 amide bonds. The number of furan rings is 1. The summed E-state index contributed by atoms with van der Waals surface area (Å²) < 4.78 is 21.3. The van der Waals surface area contributed by atoms with Gasteiger partial charge in [-0.2, -0.15) is 0 Å². The van der Waals surface area contributed by atoms with Crippen molar-refractivity contribution in [2.75, 3.05) is 19.0 Å². The van der Waals surface area contributed by atoms with Crippen molar-refractivity contribution in [3.8, 4) is 11.5 Å². The fraction of sp³-hybridized carbons (Fsp3) is 0.227. The summed E-state index contributed by atoms with van der Waals surface area (Å²) in [5, 5.41) is 2.76. The second-order valence-electron chi connectivity index (χ2n) is 6.53. The molecular weight excluding hydrogens is 436 g/mol. The Bertz CT molecular complexity index is 1130. The van der Waals surface area contributed by atoms with Crippen molar-refractivity contribution in [2.24, 2.45) is 5.73 Å². The minimum absolute atomic E-state index is 0.0137. The second kappa shape index (κ2) is 10.0. The molecule has 0 saturated carbocycles. The molecule has 0 radical (unpaired) electrons.